The van der Waals surface area contributed by atoms with Crippen molar-refractivity contribution in [1.82, 2.24) is 19.8 Å². The van der Waals surface area contributed by atoms with Crippen molar-refractivity contribution in [3.8, 4) is 0 Å². The molecular weight excluding hydrogens is 268 g/mol. The molecule has 6 heteroatoms. The Morgan fingerprint density at radius 2 is 1.67 bits per heavy atom. The summed E-state index contributed by atoms with van der Waals surface area (Å²) in [6, 6.07) is 7.47. The van der Waals surface area contributed by atoms with Gasteiger partial charge in [0.05, 0.1) is 5.52 Å². The standard InChI is InChI=1S/C15H16N4O2/c1-11(20)18-6-8-19(9-7-18)15(21)14-12-4-2-3-5-13(12)16-10-17-14/h2-5,10H,6-9H2,1H3. The van der Waals surface area contributed by atoms with Gasteiger partial charge in [-0.3, -0.25) is 9.59 Å². The van der Waals surface area contributed by atoms with Crippen LogP contribution in [0.3, 0.4) is 0 Å². The zero-order valence-electron chi connectivity index (χ0n) is 11.8. The molecule has 1 saturated heterocycles. The van der Waals surface area contributed by atoms with Gasteiger partial charge in [-0.25, -0.2) is 9.97 Å². The van der Waals surface area contributed by atoms with Gasteiger partial charge in [0.2, 0.25) is 5.91 Å². The minimum atomic E-state index is -0.100. The van der Waals surface area contributed by atoms with Crippen molar-refractivity contribution in [2.75, 3.05) is 26.2 Å². The van der Waals surface area contributed by atoms with Gasteiger partial charge in [-0.15, -0.1) is 0 Å². The first kappa shape index (κ1) is 13.5. The summed E-state index contributed by atoms with van der Waals surface area (Å²) in [6.07, 6.45) is 1.42. The summed E-state index contributed by atoms with van der Waals surface area (Å²) in [4.78, 5) is 35.8. The van der Waals surface area contributed by atoms with Crippen LogP contribution in [0.15, 0.2) is 30.6 Å². The Balaban J connectivity index is 1.84. The Morgan fingerprint density at radius 1 is 1.00 bits per heavy atom. The number of carbonyl (C=O) groups excluding carboxylic acids is 2. The molecule has 0 N–H and O–H groups in total. The lowest BCUT2D eigenvalue weighted by Crippen LogP contribution is -2.50. The van der Waals surface area contributed by atoms with Crippen LogP contribution >= 0.6 is 0 Å². The maximum Gasteiger partial charge on any atom is 0.273 e. The smallest absolute Gasteiger partial charge is 0.273 e. The number of aromatic nitrogens is 2. The van der Waals surface area contributed by atoms with E-state index in [1.165, 1.54) is 6.33 Å². The lowest BCUT2D eigenvalue weighted by atomic mass is 10.1. The Kier molecular flexibility index (Phi) is 3.51. The van der Waals surface area contributed by atoms with Crippen molar-refractivity contribution >= 4 is 22.7 Å². The maximum atomic E-state index is 12.6. The molecular formula is C15H16N4O2. The molecule has 1 fully saturated rings. The number of nitrogens with zero attached hydrogens (tertiary/aromatic N) is 4. The van der Waals surface area contributed by atoms with Gasteiger partial charge in [0.15, 0.2) is 0 Å². The van der Waals surface area contributed by atoms with Crippen LogP contribution in [0.2, 0.25) is 0 Å². The number of rotatable bonds is 1. The zero-order valence-corrected chi connectivity index (χ0v) is 11.8. The SMILES string of the molecule is CC(=O)N1CCN(C(=O)c2ncnc3ccccc23)CC1. The number of benzene rings is 1. The molecule has 0 saturated carbocycles. The summed E-state index contributed by atoms with van der Waals surface area (Å²) in [5.41, 5.74) is 1.19. The second-order valence-electron chi connectivity index (χ2n) is 5.04. The molecule has 2 heterocycles. The summed E-state index contributed by atoms with van der Waals surface area (Å²) in [7, 11) is 0. The lowest BCUT2D eigenvalue weighted by molar-refractivity contribution is -0.130. The van der Waals surface area contributed by atoms with Crippen LogP contribution in [0, 0.1) is 0 Å². The van der Waals surface area contributed by atoms with Crippen molar-refractivity contribution in [1.29, 1.82) is 0 Å². The summed E-state index contributed by atoms with van der Waals surface area (Å²) in [5, 5.41) is 0.763. The molecule has 0 bridgehead atoms. The topological polar surface area (TPSA) is 66.4 Å². The van der Waals surface area contributed by atoms with E-state index < -0.39 is 0 Å². The predicted molar refractivity (Wildman–Crippen MR) is 77.7 cm³/mol. The summed E-state index contributed by atoms with van der Waals surface area (Å²) >= 11 is 0. The number of amides is 2. The molecule has 0 aliphatic carbocycles. The molecule has 0 radical (unpaired) electrons. The minimum Gasteiger partial charge on any atom is -0.339 e. The van der Waals surface area contributed by atoms with E-state index >= 15 is 0 Å². The Labute approximate surface area is 122 Å². The summed E-state index contributed by atoms with van der Waals surface area (Å²) < 4.78 is 0. The molecule has 0 unspecified atom stereocenters. The average molecular weight is 284 g/mol. The van der Waals surface area contributed by atoms with Crippen molar-refractivity contribution in [2.24, 2.45) is 0 Å². The number of hydrogen-bond acceptors (Lipinski definition) is 4. The van der Waals surface area contributed by atoms with E-state index in [4.69, 9.17) is 0 Å². The molecule has 1 aromatic heterocycles. The largest absolute Gasteiger partial charge is 0.339 e. The average Bonchev–Trinajstić information content (AvgIpc) is 2.53. The fourth-order valence-corrected chi connectivity index (χ4v) is 2.55. The third-order valence-electron chi connectivity index (χ3n) is 3.76. The van der Waals surface area contributed by atoms with Gasteiger partial charge >= 0.3 is 0 Å². The van der Waals surface area contributed by atoms with Gasteiger partial charge in [0, 0.05) is 38.5 Å². The van der Waals surface area contributed by atoms with Crippen molar-refractivity contribution in [3.63, 3.8) is 0 Å². The third-order valence-corrected chi connectivity index (χ3v) is 3.76. The second kappa shape index (κ2) is 5.47. The van der Waals surface area contributed by atoms with Gasteiger partial charge in [0.25, 0.3) is 5.91 Å². The molecule has 1 aliphatic rings. The van der Waals surface area contributed by atoms with E-state index in [1.807, 2.05) is 24.3 Å². The number of carbonyl (C=O) groups is 2. The van der Waals surface area contributed by atoms with Gasteiger partial charge in [-0.05, 0) is 6.07 Å². The maximum absolute atomic E-state index is 12.6. The molecule has 1 aliphatic heterocycles. The Bertz CT molecular complexity index is 688. The van der Waals surface area contributed by atoms with Gasteiger partial charge < -0.3 is 9.80 Å². The van der Waals surface area contributed by atoms with E-state index in [-0.39, 0.29) is 11.8 Å². The normalized spacial score (nSPS) is 15.3. The molecule has 1 aromatic carbocycles. The molecule has 6 nitrogen and oxygen atoms in total. The molecule has 2 amide bonds. The van der Waals surface area contributed by atoms with Crippen molar-refractivity contribution in [2.45, 2.75) is 6.92 Å². The Hall–Kier alpha value is -2.50. The highest BCUT2D eigenvalue weighted by molar-refractivity contribution is 6.04. The zero-order chi connectivity index (χ0) is 14.8. The first-order chi connectivity index (χ1) is 10.2. The Morgan fingerprint density at radius 3 is 2.38 bits per heavy atom. The molecule has 0 atom stereocenters. The van der Waals surface area contributed by atoms with Crippen LogP contribution in [0.1, 0.15) is 17.4 Å². The van der Waals surface area contributed by atoms with Crippen LogP contribution in [-0.2, 0) is 4.79 Å². The second-order valence-corrected chi connectivity index (χ2v) is 5.04. The van der Waals surface area contributed by atoms with Gasteiger partial charge in [-0.1, -0.05) is 18.2 Å². The van der Waals surface area contributed by atoms with E-state index in [9.17, 15) is 9.59 Å². The molecule has 0 spiro atoms. The fourth-order valence-electron chi connectivity index (χ4n) is 2.55. The van der Waals surface area contributed by atoms with E-state index in [1.54, 1.807) is 16.7 Å². The predicted octanol–water partition coefficient (Wildman–Crippen LogP) is 0.934. The molecule has 2 aromatic rings. The molecule has 3 rings (SSSR count). The van der Waals surface area contributed by atoms with Crippen LogP contribution in [0.25, 0.3) is 10.9 Å². The number of para-hydroxylation sites is 1. The van der Waals surface area contributed by atoms with E-state index in [0.717, 1.165) is 10.9 Å². The third kappa shape index (κ3) is 2.56. The van der Waals surface area contributed by atoms with Crippen LogP contribution in [-0.4, -0.2) is 57.8 Å². The van der Waals surface area contributed by atoms with E-state index in [2.05, 4.69) is 9.97 Å². The summed E-state index contributed by atoms with van der Waals surface area (Å²) in [6.45, 7) is 3.77. The lowest BCUT2D eigenvalue weighted by Gasteiger charge is -2.34. The fraction of sp³-hybridized carbons (Fsp3) is 0.333. The highest BCUT2D eigenvalue weighted by Crippen LogP contribution is 2.16. The number of fused-ring (bicyclic) bond motifs is 1. The first-order valence-electron chi connectivity index (χ1n) is 6.91. The van der Waals surface area contributed by atoms with Gasteiger partial charge in [-0.2, -0.15) is 0 Å². The number of piperazine rings is 1. The molecule has 108 valence electrons. The van der Waals surface area contributed by atoms with Crippen LogP contribution < -0.4 is 0 Å². The quantitative estimate of drug-likeness (QED) is 0.781. The van der Waals surface area contributed by atoms with Crippen molar-refractivity contribution in [3.05, 3.63) is 36.3 Å². The number of hydrogen-bond donors (Lipinski definition) is 0. The minimum absolute atomic E-state index is 0.0505. The van der Waals surface area contributed by atoms with Gasteiger partial charge in [0.1, 0.15) is 12.0 Å². The molecule has 21 heavy (non-hydrogen) atoms. The monoisotopic (exact) mass is 284 g/mol. The van der Waals surface area contributed by atoms with Crippen LogP contribution in [0.5, 0.6) is 0 Å². The first-order valence-corrected chi connectivity index (χ1v) is 6.91. The van der Waals surface area contributed by atoms with E-state index in [0.29, 0.717) is 31.9 Å². The highest BCUT2D eigenvalue weighted by atomic mass is 16.2. The van der Waals surface area contributed by atoms with Crippen LogP contribution in [0.4, 0.5) is 0 Å². The highest BCUT2D eigenvalue weighted by Gasteiger charge is 2.25. The van der Waals surface area contributed by atoms with Crippen molar-refractivity contribution < 1.29 is 9.59 Å². The summed E-state index contributed by atoms with van der Waals surface area (Å²) in [5.74, 6) is -0.0496.